The van der Waals surface area contributed by atoms with Gasteiger partial charge in [0.2, 0.25) is 8.87 Å². The van der Waals surface area contributed by atoms with E-state index in [0.29, 0.717) is 12.4 Å². The fourth-order valence-electron chi connectivity index (χ4n) is 0.366. The minimum atomic E-state index is -2.93. The Balaban J connectivity index is 3.39. The number of aliphatic hydroxyl groups is 1. The molecule has 0 aromatic carbocycles. The lowest BCUT2D eigenvalue weighted by Gasteiger charge is -2.00. The van der Waals surface area contributed by atoms with Crippen molar-refractivity contribution in [1.29, 1.82) is 0 Å². The molecule has 0 aromatic rings. The van der Waals surface area contributed by atoms with E-state index in [1.165, 1.54) is 0 Å². The quantitative estimate of drug-likeness (QED) is 0.346. The standard InChI is InChI=1S/C5H13NO3S2/c1-2-11(8,9)10-5-6-3-4-7/h6-7H,2-5H2,1H3. The second kappa shape index (κ2) is 5.82. The summed E-state index contributed by atoms with van der Waals surface area (Å²) in [7, 11) is -2.06. The Morgan fingerprint density at radius 3 is 2.64 bits per heavy atom. The third kappa shape index (κ3) is 6.61. The van der Waals surface area contributed by atoms with Crippen LogP contribution in [0, 0.1) is 0 Å². The van der Waals surface area contributed by atoms with Gasteiger partial charge >= 0.3 is 0 Å². The van der Waals surface area contributed by atoms with E-state index in [0.717, 1.165) is 10.8 Å². The van der Waals surface area contributed by atoms with Gasteiger partial charge in [-0.2, -0.15) is 0 Å². The summed E-state index contributed by atoms with van der Waals surface area (Å²) in [5.74, 6) is 0.495. The third-order valence-corrected chi connectivity index (χ3v) is 4.51. The minimum Gasteiger partial charge on any atom is -0.395 e. The molecule has 0 saturated carbocycles. The van der Waals surface area contributed by atoms with E-state index < -0.39 is 8.87 Å². The lowest BCUT2D eigenvalue weighted by Crippen LogP contribution is -2.18. The van der Waals surface area contributed by atoms with Gasteiger partial charge in [0.1, 0.15) is 0 Å². The SMILES string of the molecule is CCS(=O)(=O)SCNCCO. The van der Waals surface area contributed by atoms with Crippen molar-refractivity contribution in [3.63, 3.8) is 0 Å². The molecule has 0 aliphatic heterocycles. The molecule has 68 valence electrons. The van der Waals surface area contributed by atoms with Crippen LogP contribution in [0.4, 0.5) is 0 Å². The van der Waals surface area contributed by atoms with E-state index in [1.54, 1.807) is 6.92 Å². The van der Waals surface area contributed by atoms with Crippen molar-refractivity contribution in [2.75, 3.05) is 24.8 Å². The molecular formula is C5H13NO3S2. The van der Waals surface area contributed by atoms with Crippen LogP contribution in [0.3, 0.4) is 0 Å². The normalized spacial score (nSPS) is 11.8. The maximum Gasteiger partial charge on any atom is 0.202 e. The molecule has 0 heterocycles. The van der Waals surface area contributed by atoms with Gasteiger partial charge < -0.3 is 10.4 Å². The molecule has 0 rings (SSSR count). The zero-order chi connectivity index (χ0) is 8.74. The molecule has 0 radical (unpaired) electrons. The molecule has 0 atom stereocenters. The van der Waals surface area contributed by atoms with E-state index >= 15 is 0 Å². The van der Waals surface area contributed by atoms with Crippen molar-refractivity contribution in [3.8, 4) is 0 Å². The Hall–Kier alpha value is 0.220. The first-order valence-electron chi connectivity index (χ1n) is 3.31. The van der Waals surface area contributed by atoms with Gasteiger partial charge in [0, 0.05) is 6.54 Å². The van der Waals surface area contributed by atoms with Gasteiger partial charge in [0.25, 0.3) is 0 Å². The number of rotatable bonds is 6. The van der Waals surface area contributed by atoms with Gasteiger partial charge in [0.05, 0.1) is 18.2 Å². The Labute approximate surface area is 70.7 Å². The van der Waals surface area contributed by atoms with Crippen LogP contribution in [0.5, 0.6) is 0 Å². The van der Waals surface area contributed by atoms with Crippen LogP contribution < -0.4 is 5.32 Å². The summed E-state index contributed by atoms with van der Waals surface area (Å²) in [6.07, 6.45) is 0. The summed E-state index contributed by atoms with van der Waals surface area (Å²) in [6.45, 7) is 2.08. The van der Waals surface area contributed by atoms with E-state index in [-0.39, 0.29) is 12.4 Å². The lowest BCUT2D eigenvalue weighted by molar-refractivity contribution is 0.296. The first kappa shape index (κ1) is 11.2. The van der Waals surface area contributed by atoms with Crippen LogP contribution in [0.15, 0.2) is 0 Å². The van der Waals surface area contributed by atoms with Crippen molar-refractivity contribution in [3.05, 3.63) is 0 Å². The molecule has 0 unspecified atom stereocenters. The third-order valence-electron chi connectivity index (χ3n) is 0.983. The van der Waals surface area contributed by atoms with Crippen molar-refractivity contribution in [2.24, 2.45) is 0 Å². The molecule has 0 fully saturated rings. The van der Waals surface area contributed by atoms with Gasteiger partial charge in [-0.3, -0.25) is 0 Å². The number of hydrogen-bond donors (Lipinski definition) is 2. The lowest BCUT2D eigenvalue weighted by atomic mass is 10.7. The van der Waals surface area contributed by atoms with E-state index in [9.17, 15) is 8.42 Å². The highest BCUT2D eigenvalue weighted by Crippen LogP contribution is 2.09. The fourth-order valence-corrected chi connectivity index (χ4v) is 2.23. The summed E-state index contributed by atoms with van der Waals surface area (Å²) >= 11 is 0. The minimum absolute atomic E-state index is 0.0345. The second-order valence-electron chi connectivity index (χ2n) is 1.83. The van der Waals surface area contributed by atoms with Gasteiger partial charge in [-0.05, 0) is 10.8 Å². The topological polar surface area (TPSA) is 66.4 Å². The molecule has 0 aliphatic rings. The Kier molecular flexibility index (Phi) is 5.93. The predicted octanol–water partition coefficient (Wildman–Crippen LogP) is -0.391. The van der Waals surface area contributed by atoms with Crippen LogP contribution in [0.1, 0.15) is 6.92 Å². The first-order chi connectivity index (χ1) is 5.12. The molecule has 0 aliphatic carbocycles. The van der Waals surface area contributed by atoms with Crippen molar-refractivity contribution >= 4 is 19.7 Å². The molecule has 0 amide bonds. The van der Waals surface area contributed by atoms with E-state index in [4.69, 9.17) is 5.11 Å². The van der Waals surface area contributed by atoms with Crippen LogP contribution in [-0.2, 0) is 8.87 Å². The van der Waals surface area contributed by atoms with Gasteiger partial charge in [-0.1, -0.05) is 6.92 Å². The average molecular weight is 199 g/mol. The monoisotopic (exact) mass is 199 g/mol. The second-order valence-corrected chi connectivity index (χ2v) is 6.28. The summed E-state index contributed by atoms with van der Waals surface area (Å²) in [5, 5.41) is 11.1. The summed E-state index contributed by atoms with van der Waals surface area (Å²) < 4.78 is 21.6. The van der Waals surface area contributed by atoms with Crippen molar-refractivity contribution in [1.82, 2.24) is 5.32 Å². The fraction of sp³-hybridized carbons (Fsp3) is 1.00. The van der Waals surface area contributed by atoms with Crippen LogP contribution in [0.25, 0.3) is 0 Å². The van der Waals surface area contributed by atoms with E-state index in [2.05, 4.69) is 5.32 Å². The Morgan fingerprint density at radius 2 is 2.18 bits per heavy atom. The number of nitrogens with one attached hydrogen (secondary N) is 1. The van der Waals surface area contributed by atoms with Crippen LogP contribution >= 0.6 is 10.8 Å². The Bertz CT molecular complexity index is 178. The molecule has 2 N–H and O–H groups in total. The molecule has 4 nitrogen and oxygen atoms in total. The zero-order valence-electron chi connectivity index (χ0n) is 6.41. The molecule has 0 bridgehead atoms. The maximum atomic E-state index is 10.8. The molecule has 0 saturated heterocycles. The molecule has 6 heteroatoms. The highest BCUT2D eigenvalue weighted by atomic mass is 33.1. The summed E-state index contributed by atoms with van der Waals surface area (Å²) in [6, 6.07) is 0. The van der Waals surface area contributed by atoms with Gasteiger partial charge in [0.15, 0.2) is 0 Å². The molecular weight excluding hydrogens is 186 g/mol. The smallest absolute Gasteiger partial charge is 0.202 e. The van der Waals surface area contributed by atoms with Gasteiger partial charge in [-0.25, -0.2) is 8.42 Å². The number of hydrogen-bond acceptors (Lipinski definition) is 5. The number of aliphatic hydroxyl groups excluding tert-OH is 1. The van der Waals surface area contributed by atoms with Crippen molar-refractivity contribution in [2.45, 2.75) is 6.92 Å². The summed E-state index contributed by atoms with van der Waals surface area (Å²) in [4.78, 5) is 0. The summed E-state index contributed by atoms with van der Waals surface area (Å²) in [5.41, 5.74) is 0. The van der Waals surface area contributed by atoms with Crippen LogP contribution in [-0.4, -0.2) is 38.3 Å². The van der Waals surface area contributed by atoms with Gasteiger partial charge in [-0.15, -0.1) is 0 Å². The van der Waals surface area contributed by atoms with Crippen molar-refractivity contribution < 1.29 is 13.5 Å². The largest absolute Gasteiger partial charge is 0.395 e. The van der Waals surface area contributed by atoms with E-state index in [1.807, 2.05) is 0 Å². The Morgan fingerprint density at radius 1 is 1.55 bits per heavy atom. The van der Waals surface area contributed by atoms with Crippen LogP contribution in [0.2, 0.25) is 0 Å². The highest BCUT2D eigenvalue weighted by Gasteiger charge is 2.05. The average Bonchev–Trinajstić information content (AvgIpc) is 1.99. The molecule has 0 aromatic heterocycles. The molecule has 0 spiro atoms. The molecule has 11 heavy (non-hydrogen) atoms. The zero-order valence-corrected chi connectivity index (χ0v) is 8.04. The predicted molar refractivity (Wildman–Crippen MR) is 47.0 cm³/mol. The highest BCUT2D eigenvalue weighted by molar-refractivity contribution is 8.72. The maximum absolute atomic E-state index is 10.8. The first-order valence-corrected chi connectivity index (χ1v) is 6.46.